The summed E-state index contributed by atoms with van der Waals surface area (Å²) in [6, 6.07) is 4.61. The van der Waals surface area contributed by atoms with E-state index in [-0.39, 0.29) is 35.4 Å². The standard InChI is InChI=1S/C13H17NO6S2/c15-21(9-7-18-8-10-21)14-22(16,17)12-4-1-3-11-13(12)20-6-2-5-19-11/h1,3-4H,2,5-10H2. The van der Waals surface area contributed by atoms with E-state index in [4.69, 9.17) is 14.2 Å². The van der Waals surface area contributed by atoms with E-state index in [9.17, 15) is 12.6 Å². The monoisotopic (exact) mass is 347 g/mol. The maximum atomic E-state index is 12.6. The van der Waals surface area contributed by atoms with Crippen LogP contribution < -0.4 is 9.47 Å². The highest BCUT2D eigenvalue weighted by atomic mass is 32.3. The van der Waals surface area contributed by atoms with Gasteiger partial charge in [-0.05, 0) is 12.1 Å². The van der Waals surface area contributed by atoms with E-state index in [0.29, 0.717) is 25.4 Å². The average molecular weight is 347 g/mol. The molecule has 0 spiro atoms. The van der Waals surface area contributed by atoms with Crippen molar-refractivity contribution in [2.45, 2.75) is 11.3 Å². The zero-order valence-corrected chi connectivity index (χ0v) is 13.5. The number of benzene rings is 1. The van der Waals surface area contributed by atoms with Crippen molar-refractivity contribution in [3.05, 3.63) is 18.2 Å². The fourth-order valence-corrected chi connectivity index (χ4v) is 6.20. The molecule has 0 amide bonds. The first-order chi connectivity index (χ1) is 10.5. The lowest BCUT2D eigenvalue weighted by Gasteiger charge is -2.16. The van der Waals surface area contributed by atoms with Crippen molar-refractivity contribution < 1.29 is 26.8 Å². The summed E-state index contributed by atoms with van der Waals surface area (Å²) >= 11 is 0. The first kappa shape index (κ1) is 15.6. The van der Waals surface area contributed by atoms with Gasteiger partial charge in [-0.3, -0.25) is 0 Å². The van der Waals surface area contributed by atoms with Crippen LogP contribution in [0.4, 0.5) is 0 Å². The van der Waals surface area contributed by atoms with Gasteiger partial charge in [0.1, 0.15) is 4.90 Å². The second-order valence-corrected chi connectivity index (χ2v) is 9.32. The lowest BCUT2D eigenvalue weighted by Crippen LogP contribution is -2.26. The predicted octanol–water partition coefficient (Wildman–Crippen LogP) is 1.03. The topological polar surface area (TPSA) is 91.3 Å². The molecule has 3 rings (SSSR count). The third-order valence-corrected chi connectivity index (χ3v) is 7.70. The number of fused-ring (bicyclic) bond motifs is 1. The Balaban J connectivity index is 2.07. The SMILES string of the molecule is O=S(=O)(N=S1(=O)CCOCC1)c1cccc2c1OCCCO2. The lowest BCUT2D eigenvalue weighted by molar-refractivity contribution is 0.158. The van der Waals surface area contributed by atoms with Crippen molar-refractivity contribution in [3.63, 3.8) is 0 Å². The molecule has 2 aliphatic heterocycles. The molecule has 2 heterocycles. The van der Waals surface area contributed by atoms with Gasteiger partial charge in [0.15, 0.2) is 11.5 Å². The normalized spacial score (nSPS) is 20.9. The summed E-state index contributed by atoms with van der Waals surface area (Å²) in [6.07, 6.45) is 0.666. The van der Waals surface area contributed by atoms with Crippen LogP contribution in [0, 0.1) is 0 Å². The smallest absolute Gasteiger partial charge is 0.293 e. The minimum atomic E-state index is -4.09. The third-order valence-electron chi connectivity index (χ3n) is 3.34. The fourth-order valence-electron chi connectivity index (χ4n) is 2.25. The van der Waals surface area contributed by atoms with Crippen molar-refractivity contribution >= 4 is 19.8 Å². The van der Waals surface area contributed by atoms with E-state index >= 15 is 0 Å². The first-order valence-corrected chi connectivity index (χ1v) is 10.2. The Morgan fingerprint density at radius 1 is 1.05 bits per heavy atom. The summed E-state index contributed by atoms with van der Waals surface area (Å²) in [6.45, 7) is 1.33. The highest BCUT2D eigenvalue weighted by Crippen LogP contribution is 2.37. The van der Waals surface area contributed by atoms with Gasteiger partial charge in [0, 0.05) is 6.42 Å². The summed E-state index contributed by atoms with van der Waals surface area (Å²) in [5.74, 6) is 0.770. The number of nitrogens with zero attached hydrogens (tertiary/aromatic N) is 1. The van der Waals surface area contributed by atoms with Gasteiger partial charge in [0.25, 0.3) is 10.0 Å². The van der Waals surface area contributed by atoms with Crippen molar-refractivity contribution in [2.75, 3.05) is 37.9 Å². The number of hydrogen-bond donors (Lipinski definition) is 0. The van der Waals surface area contributed by atoms with E-state index in [1.807, 2.05) is 0 Å². The Labute approximate surface area is 129 Å². The van der Waals surface area contributed by atoms with E-state index in [1.54, 1.807) is 12.1 Å². The van der Waals surface area contributed by atoms with Crippen LogP contribution >= 0.6 is 0 Å². The minimum absolute atomic E-state index is 0.0962. The molecule has 0 aromatic heterocycles. The Hall–Kier alpha value is -1.32. The van der Waals surface area contributed by atoms with E-state index in [0.717, 1.165) is 0 Å². The molecular formula is C13H17NO6S2. The Kier molecular flexibility index (Phi) is 4.28. The van der Waals surface area contributed by atoms with Gasteiger partial charge in [0.2, 0.25) is 0 Å². The lowest BCUT2D eigenvalue weighted by atomic mass is 10.3. The molecule has 0 atom stereocenters. The Morgan fingerprint density at radius 2 is 1.77 bits per heavy atom. The zero-order chi connectivity index (χ0) is 15.6. The number of sulfonamides is 1. The Morgan fingerprint density at radius 3 is 2.55 bits per heavy atom. The maximum Gasteiger partial charge on any atom is 0.293 e. The minimum Gasteiger partial charge on any atom is -0.490 e. The summed E-state index contributed by atoms with van der Waals surface area (Å²) in [5, 5.41) is 0. The molecule has 0 radical (unpaired) electrons. The molecule has 1 aromatic carbocycles. The average Bonchev–Trinajstić information content (AvgIpc) is 2.71. The van der Waals surface area contributed by atoms with Crippen LogP contribution in [0.5, 0.6) is 11.5 Å². The third kappa shape index (κ3) is 3.21. The highest BCUT2D eigenvalue weighted by Gasteiger charge is 2.27. The molecular weight excluding hydrogens is 330 g/mol. The van der Waals surface area contributed by atoms with Crippen LogP contribution in [-0.4, -0.2) is 50.6 Å². The van der Waals surface area contributed by atoms with Gasteiger partial charge < -0.3 is 14.2 Å². The fraction of sp³-hybridized carbons (Fsp3) is 0.538. The van der Waals surface area contributed by atoms with E-state index in [2.05, 4.69) is 3.77 Å². The van der Waals surface area contributed by atoms with Crippen LogP contribution in [-0.2, 0) is 24.5 Å². The molecule has 1 fully saturated rings. The van der Waals surface area contributed by atoms with Crippen LogP contribution in [0.3, 0.4) is 0 Å². The molecule has 2 aliphatic rings. The van der Waals surface area contributed by atoms with E-state index in [1.165, 1.54) is 6.07 Å². The number of ether oxygens (including phenoxy) is 3. The van der Waals surface area contributed by atoms with Crippen LogP contribution in [0.25, 0.3) is 0 Å². The molecule has 7 nitrogen and oxygen atoms in total. The number of para-hydroxylation sites is 1. The van der Waals surface area contributed by atoms with Crippen molar-refractivity contribution in [1.29, 1.82) is 0 Å². The summed E-state index contributed by atoms with van der Waals surface area (Å²) in [7, 11) is -6.90. The molecule has 1 saturated heterocycles. The second kappa shape index (κ2) is 6.05. The Bertz CT molecular complexity index is 768. The molecule has 9 heteroatoms. The van der Waals surface area contributed by atoms with E-state index < -0.39 is 19.8 Å². The van der Waals surface area contributed by atoms with Gasteiger partial charge >= 0.3 is 0 Å². The largest absolute Gasteiger partial charge is 0.490 e. The van der Waals surface area contributed by atoms with Gasteiger partial charge in [0.05, 0.1) is 47.7 Å². The second-order valence-electron chi connectivity index (χ2n) is 4.98. The molecule has 22 heavy (non-hydrogen) atoms. The van der Waals surface area contributed by atoms with Gasteiger partial charge in [-0.2, -0.15) is 8.42 Å². The molecule has 0 unspecified atom stereocenters. The van der Waals surface area contributed by atoms with Gasteiger partial charge in [-0.25, -0.2) is 4.21 Å². The molecule has 0 N–H and O–H groups in total. The number of hydrogen-bond acceptors (Lipinski definition) is 6. The quantitative estimate of drug-likeness (QED) is 0.794. The zero-order valence-electron chi connectivity index (χ0n) is 11.9. The molecule has 0 bridgehead atoms. The van der Waals surface area contributed by atoms with Gasteiger partial charge in [-0.15, -0.1) is 3.77 Å². The van der Waals surface area contributed by atoms with Crippen molar-refractivity contribution in [3.8, 4) is 11.5 Å². The van der Waals surface area contributed by atoms with Gasteiger partial charge in [-0.1, -0.05) is 6.07 Å². The molecule has 122 valence electrons. The maximum absolute atomic E-state index is 12.6. The number of rotatable bonds is 2. The molecule has 0 saturated carbocycles. The summed E-state index contributed by atoms with van der Waals surface area (Å²) < 4.78 is 57.5. The predicted molar refractivity (Wildman–Crippen MR) is 80.4 cm³/mol. The molecule has 1 aromatic rings. The molecule has 0 aliphatic carbocycles. The first-order valence-electron chi connectivity index (χ1n) is 6.95. The highest BCUT2D eigenvalue weighted by molar-refractivity contribution is 8.03. The van der Waals surface area contributed by atoms with Crippen LogP contribution in [0.1, 0.15) is 6.42 Å². The van der Waals surface area contributed by atoms with Crippen molar-refractivity contribution in [1.82, 2.24) is 0 Å². The summed E-state index contributed by atoms with van der Waals surface area (Å²) in [5.41, 5.74) is 0. The van der Waals surface area contributed by atoms with Crippen molar-refractivity contribution in [2.24, 2.45) is 3.77 Å². The van der Waals surface area contributed by atoms with Crippen LogP contribution in [0.15, 0.2) is 26.9 Å². The van der Waals surface area contributed by atoms with Crippen LogP contribution in [0.2, 0.25) is 0 Å². The summed E-state index contributed by atoms with van der Waals surface area (Å²) in [4.78, 5) is -0.0962.